The first-order chi connectivity index (χ1) is 13.7. The summed E-state index contributed by atoms with van der Waals surface area (Å²) in [6.07, 6.45) is 7.05. The lowest BCUT2D eigenvalue weighted by Crippen LogP contribution is -2.37. The fourth-order valence-corrected chi connectivity index (χ4v) is 4.14. The van der Waals surface area contributed by atoms with Crippen LogP contribution in [0.4, 0.5) is 5.69 Å². The van der Waals surface area contributed by atoms with Crippen LogP contribution in [0, 0.1) is 0 Å². The van der Waals surface area contributed by atoms with Crippen molar-refractivity contribution in [2.45, 2.75) is 58.4 Å². The maximum Gasteiger partial charge on any atom is 0.289 e. The van der Waals surface area contributed by atoms with Gasteiger partial charge < -0.3 is 14.8 Å². The molecule has 0 radical (unpaired) electrons. The number of nitrogens with zero attached hydrogens (tertiary/aromatic N) is 3. The van der Waals surface area contributed by atoms with Crippen LogP contribution in [0.2, 0.25) is 0 Å². The predicted molar refractivity (Wildman–Crippen MR) is 109 cm³/mol. The lowest BCUT2D eigenvalue weighted by atomic mass is 10.1. The van der Waals surface area contributed by atoms with Crippen molar-refractivity contribution in [2.75, 3.05) is 18.4 Å². The number of hydrogen-bond acceptors (Lipinski definition) is 3. The number of carbonyl (C=O) groups excluding carboxylic acids is 2. The summed E-state index contributed by atoms with van der Waals surface area (Å²) in [5, 5.41) is 2.95. The Balaban J connectivity index is 1.60. The molecular weight excluding hydrogens is 352 g/mol. The maximum absolute atomic E-state index is 13.0. The summed E-state index contributed by atoms with van der Waals surface area (Å²) in [5.41, 5.74) is 3.28. The highest BCUT2D eigenvalue weighted by molar-refractivity contribution is 6.05. The van der Waals surface area contributed by atoms with E-state index < -0.39 is 0 Å². The summed E-state index contributed by atoms with van der Waals surface area (Å²) in [6.45, 7) is 4.43. The van der Waals surface area contributed by atoms with Crippen molar-refractivity contribution >= 4 is 17.5 Å². The van der Waals surface area contributed by atoms with Crippen molar-refractivity contribution in [1.29, 1.82) is 0 Å². The van der Waals surface area contributed by atoms with Crippen LogP contribution in [0.3, 0.4) is 0 Å². The number of amides is 2. The SMILES string of the molecule is CCc1ccc(NC(=O)c2nc(C(=O)N3CCCCC3)n3c2CCCC3)cc1. The van der Waals surface area contributed by atoms with E-state index >= 15 is 0 Å². The molecule has 0 spiro atoms. The van der Waals surface area contributed by atoms with Crippen molar-refractivity contribution in [3.8, 4) is 0 Å². The molecule has 1 aromatic heterocycles. The van der Waals surface area contributed by atoms with E-state index in [0.717, 1.165) is 69.5 Å². The van der Waals surface area contributed by atoms with Gasteiger partial charge in [0.2, 0.25) is 0 Å². The fraction of sp³-hybridized carbons (Fsp3) is 0.500. The third-order valence-electron chi connectivity index (χ3n) is 5.79. The van der Waals surface area contributed by atoms with Gasteiger partial charge in [-0.1, -0.05) is 19.1 Å². The molecule has 1 N–H and O–H groups in total. The minimum absolute atomic E-state index is 0.0331. The largest absolute Gasteiger partial charge is 0.336 e. The van der Waals surface area contributed by atoms with Gasteiger partial charge in [0.1, 0.15) is 0 Å². The first kappa shape index (κ1) is 18.7. The number of hydrogen-bond donors (Lipinski definition) is 1. The molecule has 0 unspecified atom stereocenters. The number of carbonyl (C=O) groups is 2. The zero-order chi connectivity index (χ0) is 19.5. The van der Waals surface area contributed by atoms with Crippen LogP contribution in [0.5, 0.6) is 0 Å². The van der Waals surface area contributed by atoms with Crippen molar-refractivity contribution in [1.82, 2.24) is 14.5 Å². The van der Waals surface area contributed by atoms with Crippen molar-refractivity contribution < 1.29 is 9.59 Å². The number of piperidine rings is 1. The summed E-state index contributed by atoms with van der Waals surface area (Å²) in [7, 11) is 0. The lowest BCUT2D eigenvalue weighted by molar-refractivity contribution is 0.0705. The van der Waals surface area contributed by atoms with E-state index in [9.17, 15) is 9.59 Å². The minimum atomic E-state index is -0.229. The maximum atomic E-state index is 13.0. The van der Waals surface area contributed by atoms with E-state index in [1.165, 1.54) is 12.0 Å². The van der Waals surface area contributed by atoms with E-state index in [-0.39, 0.29) is 11.8 Å². The highest BCUT2D eigenvalue weighted by Crippen LogP contribution is 2.24. The average molecular weight is 380 g/mol. The van der Waals surface area contributed by atoms with Gasteiger partial charge in [0.25, 0.3) is 11.8 Å². The van der Waals surface area contributed by atoms with Crippen molar-refractivity contribution in [3.05, 3.63) is 47.0 Å². The number of imidazole rings is 1. The summed E-state index contributed by atoms with van der Waals surface area (Å²) in [5.74, 6) is 0.171. The summed E-state index contributed by atoms with van der Waals surface area (Å²) in [6, 6.07) is 7.87. The normalized spacial score (nSPS) is 16.5. The molecule has 0 aliphatic carbocycles. The van der Waals surface area contributed by atoms with E-state index in [2.05, 4.69) is 17.2 Å². The Morgan fingerprint density at radius 2 is 1.71 bits per heavy atom. The molecular formula is C22H28N4O2. The number of rotatable bonds is 4. The Labute approximate surface area is 165 Å². The van der Waals surface area contributed by atoms with E-state index in [0.29, 0.717) is 11.5 Å². The molecule has 1 saturated heterocycles. The minimum Gasteiger partial charge on any atom is -0.336 e. The highest BCUT2D eigenvalue weighted by atomic mass is 16.2. The molecule has 6 nitrogen and oxygen atoms in total. The topological polar surface area (TPSA) is 67.2 Å². The second kappa shape index (κ2) is 8.17. The molecule has 3 heterocycles. The van der Waals surface area contributed by atoms with Crippen LogP contribution in [0.1, 0.15) is 71.4 Å². The second-order valence-corrected chi connectivity index (χ2v) is 7.70. The quantitative estimate of drug-likeness (QED) is 0.880. The van der Waals surface area contributed by atoms with Crippen LogP contribution >= 0.6 is 0 Å². The van der Waals surface area contributed by atoms with Gasteiger partial charge in [0.05, 0.1) is 5.69 Å². The molecule has 6 heteroatoms. The van der Waals surface area contributed by atoms with Gasteiger partial charge in [-0.25, -0.2) is 4.98 Å². The molecule has 0 saturated carbocycles. The van der Waals surface area contributed by atoms with Crippen molar-refractivity contribution in [3.63, 3.8) is 0 Å². The van der Waals surface area contributed by atoms with Gasteiger partial charge in [-0.15, -0.1) is 0 Å². The Bertz CT molecular complexity index is 863. The second-order valence-electron chi connectivity index (χ2n) is 7.70. The lowest BCUT2D eigenvalue weighted by Gasteiger charge is -2.27. The first-order valence-electron chi connectivity index (χ1n) is 10.5. The number of benzene rings is 1. The molecule has 2 aliphatic heterocycles. The van der Waals surface area contributed by atoms with Crippen molar-refractivity contribution in [2.24, 2.45) is 0 Å². The van der Waals surface area contributed by atoms with Gasteiger partial charge >= 0.3 is 0 Å². The Morgan fingerprint density at radius 3 is 2.43 bits per heavy atom. The Morgan fingerprint density at radius 1 is 1.00 bits per heavy atom. The number of anilines is 1. The van der Waals surface area contributed by atoms with Gasteiger partial charge in [0.15, 0.2) is 11.5 Å². The molecule has 2 amide bonds. The standard InChI is InChI=1S/C22H28N4O2/c1-2-16-9-11-17(12-10-16)23-21(27)19-18-8-4-7-15-26(18)20(24-19)22(28)25-13-5-3-6-14-25/h9-12H,2-8,13-15H2,1H3,(H,23,27). The summed E-state index contributed by atoms with van der Waals surface area (Å²) >= 11 is 0. The molecule has 0 bridgehead atoms. The Hall–Kier alpha value is -2.63. The van der Waals surface area contributed by atoms with Gasteiger partial charge in [-0.2, -0.15) is 0 Å². The summed E-state index contributed by atoms with van der Waals surface area (Å²) < 4.78 is 1.98. The third-order valence-corrected chi connectivity index (χ3v) is 5.79. The molecule has 2 aromatic rings. The van der Waals surface area contributed by atoms with Crippen LogP contribution in [-0.2, 0) is 19.4 Å². The smallest absolute Gasteiger partial charge is 0.289 e. The van der Waals surface area contributed by atoms with E-state index in [1.807, 2.05) is 33.7 Å². The number of nitrogens with one attached hydrogen (secondary N) is 1. The molecule has 2 aliphatic rings. The van der Waals surface area contributed by atoms with Gasteiger partial charge in [-0.3, -0.25) is 9.59 Å². The molecule has 4 rings (SSSR count). The van der Waals surface area contributed by atoms with E-state index in [4.69, 9.17) is 0 Å². The van der Waals surface area contributed by atoms with Gasteiger partial charge in [0, 0.05) is 25.3 Å². The molecule has 1 aromatic carbocycles. The van der Waals surface area contributed by atoms with E-state index in [1.54, 1.807) is 0 Å². The molecule has 0 atom stereocenters. The number of likely N-dealkylation sites (tertiary alicyclic amines) is 1. The molecule has 28 heavy (non-hydrogen) atoms. The number of fused-ring (bicyclic) bond motifs is 1. The first-order valence-corrected chi connectivity index (χ1v) is 10.5. The number of aryl methyl sites for hydroxylation is 1. The van der Waals surface area contributed by atoms with Crippen LogP contribution in [0.25, 0.3) is 0 Å². The monoisotopic (exact) mass is 380 g/mol. The number of aromatic nitrogens is 2. The summed E-state index contributed by atoms with van der Waals surface area (Å²) in [4.78, 5) is 32.4. The Kier molecular flexibility index (Phi) is 5.46. The molecule has 148 valence electrons. The highest BCUT2D eigenvalue weighted by Gasteiger charge is 2.30. The predicted octanol–water partition coefficient (Wildman–Crippen LogP) is 3.66. The van der Waals surface area contributed by atoms with Crippen LogP contribution < -0.4 is 5.32 Å². The van der Waals surface area contributed by atoms with Gasteiger partial charge in [-0.05, 0) is 62.6 Å². The zero-order valence-electron chi connectivity index (χ0n) is 16.5. The fourth-order valence-electron chi connectivity index (χ4n) is 4.14. The van der Waals surface area contributed by atoms with Crippen LogP contribution in [-0.4, -0.2) is 39.4 Å². The van der Waals surface area contributed by atoms with Crippen LogP contribution in [0.15, 0.2) is 24.3 Å². The zero-order valence-corrected chi connectivity index (χ0v) is 16.5. The third kappa shape index (κ3) is 3.68. The molecule has 1 fully saturated rings. The average Bonchev–Trinajstić information content (AvgIpc) is 3.14.